The van der Waals surface area contributed by atoms with Gasteiger partial charge in [-0.15, -0.1) is 0 Å². The van der Waals surface area contributed by atoms with Gasteiger partial charge >= 0.3 is 0 Å². The van der Waals surface area contributed by atoms with E-state index in [0.29, 0.717) is 0 Å². The number of rotatable bonds is 1. The summed E-state index contributed by atoms with van der Waals surface area (Å²) >= 11 is 0. The summed E-state index contributed by atoms with van der Waals surface area (Å²) in [4.78, 5) is 0. The molecule has 2 aromatic carbocycles. The summed E-state index contributed by atoms with van der Waals surface area (Å²) in [6, 6.07) is 17.9. The molecular weight excluding hydrogens is 266 g/mol. The predicted molar refractivity (Wildman–Crippen MR) is 90.8 cm³/mol. The maximum absolute atomic E-state index is 2.36. The lowest BCUT2D eigenvalue weighted by atomic mass is 9.91. The van der Waals surface area contributed by atoms with Crippen molar-refractivity contribution in [3.8, 4) is 22.4 Å². The molecule has 1 heteroatoms. The van der Waals surface area contributed by atoms with Crippen molar-refractivity contribution in [3.05, 3.63) is 77.0 Å². The van der Waals surface area contributed by atoms with Crippen molar-refractivity contribution in [2.75, 3.05) is 0 Å². The molecule has 2 heterocycles. The number of hydrogen-bond acceptors (Lipinski definition) is 0. The van der Waals surface area contributed by atoms with Crippen LogP contribution in [-0.2, 0) is 6.54 Å². The summed E-state index contributed by atoms with van der Waals surface area (Å²) < 4.78 is 2.32. The van der Waals surface area contributed by atoms with Crippen LogP contribution < -0.4 is 4.57 Å². The third kappa shape index (κ3) is 1.97. The Bertz CT molecular complexity index is 867. The fraction of sp³-hybridized carbons (Fsp3) is 0.190. The third-order valence-electron chi connectivity index (χ3n) is 4.63. The van der Waals surface area contributed by atoms with Crippen molar-refractivity contribution < 1.29 is 4.57 Å². The van der Waals surface area contributed by atoms with E-state index in [0.717, 1.165) is 6.54 Å². The van der Waals surface area contributed by atoms with Gasteiger partial charge in [0.1, 0.15) is 0 Å². The number of nitrogens with zero attached hydrogens (tertiary/aromatic N) is 1. The maximum atomic E-state index is 2.36. The first kappa shape index (κ1) is 13.3. The Morgan fingerprint density at radius 2 is 1.64 bits per heavy atom. The Morgan fingerprint density at radius 3 is 2.41 bits per heavy atom. The second-order valence-corrected chi connectivity index (χ2v) is 6.36. The second-order valence-electron chi connectivity index (χ2n) is 6.36. The van der Waals surface area contributed by atoms with E-state index in [1.165, 1.54) is 44.6 Å². The van der Waals surface area contributed by atoms with Gasteiger partial charge in [-0.1, -0.05) is 29.8 Å². The number of aryl methyl sites for hydroxylation is 3. The van der Waals surface area contributed by atoms with E-state index in [1.807, 2.05) is 0 Å². The largest absolute Gasteiger partial charge is 0.213 e. The first-order valence-electron chi connectivity index (χ1n) is 7.83. The molecule has 1 aromatic heterocycles. The molecule has 0 N–H and O–H groups in total. The normalized spacial score (nSPS) is 12.1. The summed E-state index contributed by atoms with van der Waals surface area (Å²) in [7, 11) is 0. The maximum Gasteiger partial charge on any atom is 0.213 e. The molecule has 0 saturated heterocycles. The van der Waals surface area contributed by atoms with Crippen molar-refractivity contribution in [3.63, 3.8) is 0 Å². The van der Waals surface area contributed by atoms with Gasteiger partial charge in [0, 0.05) is 17.7 Å². The van der Waals surface area contributed by atoms with Crippen molar-refractivity contribution in [1.82, 2.24) is 0 Å². The average Bonchev–Trinajstić information content (AvgIpc) is 2.84. The van der Waals surface area contributed by atoms with E-state index in [4.69, 9.17) is 0 Å². The van der Waals surface area contributed by atoms with Gasteiger partial charge in [-0.3, -0.25) is 0 Å². The molecule has 0 radical (unpaired) electrons. The van der Waals surface area contributed by atoms with Crippen LogP contribution in [0.3, 0.4) is 0 Å². The van der Waals surface area contributed by atoms with E-state index >= 15 is 0 Å². The first-order valence-corrected chi connectivity index (χ1v) is 7.83. The fourth-order valence-electron chi connectivity index (χ4n) is 3.79. The van der Waals surface area contributed by atoms with Gasteiger partial charge in [0.25, 0.3) is 0 Å². The average molecular weight is 286 g/mol. The van der Waals surface area contributed by atoms with Gasteiger partial charge in [-0.25, -0.2) is 0 Å². The third-order valence-corrected chi connectivity index (χ3v) is 4.63. The van der Waals surface area contributed by atoms with Crippen molar-refractivity contribution >= 4 is 0 Å². The summed E-state index contributed by atoms with van der Waals surface area (Å²) in [6.45, 7) is 7.58. The summed E-state index contributed by atoms with van der Waals surface area (Å²) in [5, 5.41) is 0. The lowest BCUT2D eigenvalue weighted by molar-refractivity contribution is -0.672. The van der Waals surface area contributed by atoms with Gasteiger partial charge in [0.05, 0.1) is 5.56 Å². The minimum absolute atomic E-state index is 0.984. The summed E-state index contributed by atoms with van der Waals surface area (Å²) in [5.41, 5.74) is 10.9. The fourth-order valence-corrected chi connectivity index (χ4v) is 3.79. The van der Waals surface area contributed by atoms with E-state index in [-0.39, 0.29) is 0 Å². The second kappa shape index (κ2) is 4.81. The molecule has 0 saturated carbocycles. The number of aromatic nitrogens is 1. The number of benzene rings is 2. The molecule has 0 aliphatic carbocycles. The van der Waals surface area contributed by atoms with Gasteiger partial charge in [0.2, 0.25) is 5.69 Å². The highest BCUT2D eigenvalue weighted by Crippen LogP contribution is 2.34. The van der Waals surface area contributed by atoms with Gasteiger partial charge < -0.3 is 0 Å². The minimum Gasteiger partial charge on any atom is -0.194 e. The lowest BCUT2D eigenvalue weighted by Gasteiger charge is -2.12. The highest BCUT2D eigenvalue weighted by Gasteiger charge is 2.25. The highest BCUT2D eigenvalue weighted by atomic mass is 15.0. The molecule has 0 bridgehead atoms. The standard InChI is InChI=1S/C21H20N/c1-14-10-15(2)21(16(3)11-14)17-7-8-18-13-22-9-5-4-6-20(22)19(18)12-17/h4-12H,13H2,1-3H3/q+1. The molecule has 0 unspecified atom stereocenters. The van der Waals surface area contributed by atoms with Gasteiger partial charge in [-0.05, 0) is 55.2 Å². The molecule has 3 aromatic rings. The molecule has 22 heavy (non-hydrogen) atoms. The monoisotopic (exact) mass is 286 g/mol. The quantitative estimate of drug-likeness (QED) is 0.450. The molecule has 1 aliphatic heterocycles. The van der Waals surface area contributed by atoms with Crippen LogP contribution >= 0.6 is 0 Å². The summed E-state index contributed by atoms with van der Waals surface area (Å²) in [6.07, 6.45) is 2.16. The Morgan fingerprint density at radius 1 is 0.864 bits per heavy atom. The molecular formula is C21H20N+. The van der Waals surface area contributed by atoms with Gasteiger partial charge in [-0.2, -0.15) is 4.57 Å². The van der Waals surface area contributed by atoms with Crippen molar-refractivity contribution in [2.24, 2.45) is 0 Å². The van der Waals surface area contributed by atoms with Crippen LogP contribution in [0.1, 0.15) is 22.3 Å². The summed E-state index contributed by atoms with van der Waals surface area (Å²) in [5.74, 6) is 0. The van der Waals surface area contributed by atoms with E-state index < -0.39 is 0 Å². The van der Waals surface area contributed by atoms with Crippen LogP contribution in [0.15, 0.2) is 54.7 Å². The first-order chi connectivity index (χ1) is 10.6. The van der Waals surface area contributed by atoms with E-state index in [2.05, 4.69) is 80.1 Å². The Hall–Kier alpha value is -2.41. The molecule has 0 spiro atoms. The topological polar surface area (TPSA) is 3.88 Å². The smallest absolute Gasteiger partial charge is 0.194 e. The number of fused-ring (bicyclic) bond motifs is 3. The van der Waals surface area contributed by atoms with Crippen LogP contribution in [-0.4, -0.2) is 0 Å². The Balaban J connectivity index is 1.91. The molecule has 0 fully saturated rings. The molecule has 0 amide bonds. The zero-order valence-electron chi connectivity index (χ0n) is 13.4. The van der Waals surface area contributed by atoms with Crippen LogP contribution in [0.2, 0.25) is 0 Å². The van der Waals surface area contributed by atoms with Crippen molar-refractivity contribution in [2.45, 2.75) is 27.3 Å². The van der Waals surface area contributed by atoms with Crippen LogP contribution in [0, 0.1) is 20.8 Å². The molecule has 108 valence electrons. The predicted octanol–water partition coefficient (Wildman–Crippen LogP) is 4.60. The molecule has 4 rings (SSSR count). The number of hydrogen-bond donors (Lipinski definition) is 0. The SMILES string of the molecule is Cc1cc(C)c(-c2ccc3c(c2)-c2cccc[n+]2C3)c(C)c1. The van der Waals surface area contributed by atoms with E-state index in [9.17, 15) is 0 Å². The lowest BCUT2D eigenvalue weighted by Crippen LogP contribution is -2.31. The van der Waals surface area contributed by atoms with Crippen molar-refractivity contribution in [1.29, 1.82) is 0 Å². The number of pyridine rings is 1. The molecule has 1 nitrogen and oxygen atoms in total. The Kier molecular flexibility index (Phi) is 2.90. The van der Waals surface area contributed by atoms with Gasteiger partial charge in [0.15, 0.2) is 12.7 Å². The van der Waals surface area contributed by atoms with Crippen LogP contribution in [0.5, 0.6) is 0 Å². The van der Waals surface area contributed by atoms with E-state index in [1.54, 1.807) is 0 Å². The molecule has 1 aliphatic rings. The highest BCUT2D eigenvalue weighted by molar-refractivity contribution is 5.77. The van der Waals surface area contributed by atoms with Crippen LogP contribution in [0.25, 0.3) is 22.4 Å². The van der Waals surface area contributed by atoms with Crippen LogP contribution in [0.4, 0.5) is 0 Å². The minimum atomic E-state index is 0.984. The zero-order chi connectivity index (χ0) is 15.3. The zero-order valence-corrected chi connectivity index (χ0v) is 13.4. The Labute approximate surface area is 131 Å². The molecule has 0 atom stereocenters.